The summed E-state index contributed by atoms with van der Waals surface area (Å²) < 4.78 is 39.8. The number of ether oxygens (including phenoxy) is 1. The van der Waals surface area contributed by atoms with Gasteiger partial charge in [-0.15, -0.1) is 0 Å². The van der Waals surface area contributed by atoms with E-state index in [1.807, 2.05) is 0 Å². The molecule has 0 heterocycles. The first-order valence-corrected chi connectivity index (χ1v) is 5.56. The molecule has 0 aliphatic rings. The number of rotatable bonds is 8. The van der Waals surface area contributed by atoms with Crippen molar-refractivity contribution in [3.05, 3.63) is 0 Å². The fraction of sp³-hybridized carbons (Fsp3) is 1.00. The Balaban J connectivity index is 2.99. The number of nitrogens with one attached hydrogen (secondary N) is 1. The molecule has 0 radical (unpaired) electrons. The van der Waals surface area contributed by atoms with Crippen molar-refractivity contribution < 1.29 is 17.9 Å². The van der Waals surface area contributed by atoms with Crippen molar-refractivity contribution in [2.24, 2.45) is 0 Å². The van der Waals surface area contributed by atoms with Crippen LogP contribution in [-0.4, -0.2) is 44.5 Å². The maximum absolute atomic E-state index is 11.6. The zero-order valence-corrected chi connectivity index (χ0v) is 9.01. The summed E-state index contributed by atoms with van der Waals surface area (Å²) >= 11 is 1.63. The van der Waals surface area contributed by atoms with Gasteiger partial charge in [0.05, 0.1) is 6.54 Å². The van der Waals surface area contributed by atoms with E-state index in [-0.39, 0.29) is 0 Å². The predicted octanol–water partition coefficient (Wildman–Crippen LogP) is 1.91. The van der Waals surface area contributed by atoms with Crippen LogP contribution in [-0.2, 0) is 4.74 Å². The van der Waals surface area contributed by atoms with Crippen LogP contribution >= 0.6 is 11.8 Å². The van der Waals surface area contributed by atoms with Gasteiger partial charge in [0.1, 0.15) is 0 Å². The van der Waals surface area contributed by atoms with E-state index in [1.54, 1.807) is 18.9 Å². The molecule has 0 aliphatic carbocycles. The van der Waals surface area contributed by atoms with E-state index in [2.05, 4.69) is 5.32 Å². The second kappa shape index (κ2) is 8.38. The van der Waals surface area contributed by atoms with Gasteiger partial charge in [0.15, 0.2) is 0 Å². The van der Waals surface area contributed by atoms with E-state index in [1.165, 1.54) is 0 Å². The van der Waals surface area contributed by atoms with E-state index < -0.39 is 12.7 Å². The lowest BCUT2D eigenvalue weighted by Crippen LogP contribution is -2.30. The summed E-state index contributed by atoms with van der Waals surface area (Å²) in [5.74, 6) is 1.64. The third-order valence-electron chi connectivity index (χ3n) is 1.39. The van der Waals surface area contributed by atoms with Crippen molar-refractivity contribution in [1.82, 2.24) is 5.32 Å². The van der Waals surface area contributed by atoms with E-state index in [0.717, 1.165) is 12.2 Å². The van der Waals surface area contributed by atoms with Crippen molar-refractivity contribution >= 4 is 11.8 Å². The molecule has 86 valence electrons. The number of hydrogen-bond acceptors (Lipinski definition) is 3. The van der Waals surface area contributed by atoms with Crippen molar-refractivity contribution in [3.63, 3.8) is 0 Å². The highest BCUT2D eigenvalue weighted by molar-refractivity contribution is 7.99. The number of halogens is 3. The molecule has 2 nitrogen and oxygen atoms in total. The molecule has 14 heavy (non-hydrogen) atoms. The SMILES string of the molecule is COCCCSCCNCC(F)(F)F. The van der Waals surface area contributed by atoms with Crippen LogP contribution in [0.5, 0.6) is 0 Å². The molecule has 0 amide bonds. The standard InChI is InChI=1S/C8H16F3NOS/c1-13-4-2-5-14-6-3-12-7-8(9,10)11/h12H,2-7H2,1H3. The highest BCUT2D eigenvalue weighted by atomic mass is 32.2. The molecule has 0 rings (SSSR count). The van der Waals surface area contributed by atoms with Gasteiger partial charge in [-0.05, 0) is 12.2 Å². The molecule has 1 N–H and O–H groups in total. The summed E-state index contributed by atoms with van der Waals surface area (Å²) in [5, 5.41) is 2.34. The fourth-order valence-corrected chi connectivity index (χ4v) is 1.60. The minimum atomic E-state index is -4.10. The molecular weight excluding hydrogens is 215 g/mol. The normalized spacial score (nSPS) is 12.0. The predicted molar refractivity (Wildman–Crippen MR) is 52.7 cm³/mol. The van der Waals surface area contributed by atoms with E-state index >= 15 is 0 Å². The fourth-order valence-electron chi connectivity index (χ4n) is 0.782. The van der Waals surface area contributed by atoms with Gasteiger partial charge < -0.3 is 10.1 Å². The lowest BCUT2D eigenvalue weighted by molar-refractivity contribution is -0.124. The van der Waals surface area contributed by atoms with Crippen LogP contribution in [0.1, 0.15) is 6.42 Å². The molecule has 0 spiro atoms. The van der Waals surface area contributed by atoms with E-state index in [4.69, 9.17) is 4.74 Å². The van der Waals surface area contributed by atoms with Crippen LogP contribution < -0.4 is 5.32 Å². The minimum absolute atomic E-state index is 0.400. The third-order valence-corrected chi connectivity index (χ3v) is 2.46. The van der Waals surface area contributed by atoms with Crippen LogP contribution in [0.3, 0.4) is 0 Å². The minimum Gasteiger partial charge on any atom is -0.385 e. The molecule has 0 saturated carbocycles. The van der Waals surface area contributed by atoms with Gasteiger partial charge in [-0.3, -0.25) is 0 Å². The van der Waals surface area contributed by atoms with Gasteiger partial charge in [-0.1, -0.05) is 0 Å². The first-order valence-electron chi connectivity index (χ1n) is 4.40. The first kappa shape index (κ1) is 14.1. The number of methoxy groups -OCH3 is 1. The lowest BCUT2D eigenvalue weighted by Gasteiger charge is -2.07. The number of alkyl halides is 3. The first-order chi connectivity index (χ1) is 6.56. The zero-order chi connectivity index (χ0) is 10.9. The van der Waals surface area contributed by atoms with Crippen molar-refractivity contribution in [1.29, 1.82) is 0 Å². The summed E-state index contributed by atoms with van der Waals surface area (Å²) in [6, 6.07) is 0. The average molecular weight is 231 g/mol. The van der Waals surface area contributed by atoms with Crippen LogP contribution in [0.25, 0.3) is 0 Å². The molecule has 0 fully saturated rings. The second-order valence-electron chi connectivity index (χ2n) is 2.75. The Morgan fingerprint density at radius 2 is 2.00 bits per heavy atom. The quantitative estimate of drug-likeness (QED) is 0.645. The summed E-state index contributed by atoms with van der Waals surface area (Å²) in [4.78, 5) is 0. The maximum atomic E-state index is 11.6. The molecule has 0 unspecified atom stereocenters. The molecular formula is C8H16F3NOS. The molecule has 0 bridgehead atoms. The highest BCUT2D eigenvalue weighted by Crippen LogP contribution is 2.12. The molecule has 0 aliphatic heterocycles. The summed E-state index contributed by atoms with van der Waals surface area (Å²) in [6.07, 6.45) is -3.15. The molecule has 6 heteroatoms. The largest absolute Gasteiger partial charge is 0.401 e. The second-order valence-corrected chi connectivity index (χ2v) is 3.98. The third kappa shape index (κ3) is 12.1. The molecule has 0 aromatic carbocycles. The van der Waals surface area contributed by atoms with Gasteiger partial charge in [0, 0.05) is 26.0 Å². The molecule has 0 atom stereocenters. The highest BCUT2D eigenvalue weighted by Gasteiger charge is 2.25. The van der Waals surface area contributed by atoms with Gasteiger partial charge in [0.2, 0.25) is 0 Å². The van der Waals surface area contributed by atoms with E-state index in [0.29, 0.717) is 18.9 Å². The van der Waals surface area contributed by atoms with Crippen molar-refractivity contribution in [2.75, 3.05) is 38.3 Å². The zero-order valence-electron chi connectivity index (χ0n) is 8.19. The van der Waals surface area contributed by atoms with Gasteiger partial charge in [-0.2, -0.15) is 24.9 Å². The summed E-state index contributed by atoms with van der Waals surface area (Å²) in [5.41, 5.74) is 0. The van der Waals surface area contributed by atoms with Crippen LogP contribution in [0.4, 0.5) is 13.2 Å². The van der Waals surface area contributed by atoms with Gasteiger partial charge in [-0.25, -0.2) is 0 Å². The molecule has 0 aromatic rings. The Labute approximate surface area is 86.6 Å². The van der Waals surface area contributed by atoms with Crippen molar-refractivity contribution in [3.8, 4) is 0 Å². The monoisotopic (exact) mass is 231 g/mol. The maximum Gasteiger partial charge on any atom is 0.401 e. The Kier molecular flexibility index (Phi) is 8.41. The van der Waals surface area contributed by atoms with Crippen molar-refractivity contribution in [2.45, 2.75) is 12.6 Å². The van der Waals surface area contributed by atoms with E-state index in [9.17, 15) is 13.2 Å². The van der Waals surface area contributed by atoms with Crippen LogP contribution in [0.15, 0.2) is 0 Å². The topological polar surface area (TPSA) is 21.3 Å². The van der Waals surface area contributed by atoms with Gasteiger partial charge in [0.25, 0.3) is 0 Å². The Morgan fingerprint density at radius 1 is 1.29 bits per heavy atom. The Bertz CT molecular complexity index is 132. The summed E-state index contributed by atoms with van der Waals surface area (Å²) in [7, 11) is 1.63. The molecule has 0 aromatic heterocycles. The summed E-state index contributed by atoms with van der Waals surface area (Å²) in [6.45, 7) is 0.214. The number of thioether (sulfide) groups is 1. The smallest absolute Gasteiger partial charge is 0.385 e. The molecule has 0 saturated heterocycles. The average Bonchev–Trinajstić information content (AvgIpc) is 2.08. The van der Waals surface area contributed by atoms with Crippen LogP contribution in [0, 0.1) is 0 Å². The van der Waals surface area contributed by atoms with Crippen LogP contribution in [0.2, 0.25) is 0 Å². The Hall–Kier alpha value is 0.0600. The lowest BCUT2D eigenvalue weighted by atomic mass is 10.5. The Morgan fingerprint density at radius 3 is 2.57 bits per heavy atom. The van der Waals surface area contributed by atoms with Gasteiger partial charge >= 0.3 is 6.18 Å². The number of hydrogen-bond donors (Lipinski definition) is 1.